The number of rotatable bonds is 0. The minimum absolute atomic E-state index is 0.704. The number of fused-ring (bicyclic) bond motifs is 1. The van der Waals surface area contributed by atoms with Gasteiger partial charge in [0.1, 0.15) is 27.3 Å². The van der Waals surface area contributed by atoms with Crippen LogP contribution in [0, 0.1) is 0 Å². The lowest BCUT2D eigenvalue weighted by molar-refractivity contribution is 0.322. The van der Waals surface area contributed by atoms with Crippen LogP contribution in [0.25, 0.3) is 0 Å². The Hall–Kier alpha value is -0.290. The van der Waals surface area contributed by atoms with Crippen LogP contribution < -0.4 is 10.1 Å². The van der Waals surface area contributed by atoms with Crippen LogP contribution in [0.1, 0.15) is 0 Å². The molecule has 1 aliphatic rings. The molecule has 0 saturated heterocycles. The molecule has 0 unspecified atom stereocenters. The number of anilines is 1. The van der Waals surface area contributed by atoms with E-state index >= 15 is 0 Å². The summed E-state index contributed by atoms with van der Waals surface area (Å²) in [6.45, 7) is 1.53. The standard InChI is InChI=1S/C7H6Br2N2O/c8-5-3-4-6(7(9)11-5)10-1-2-12-4/h3,10H,1-2H2. The van der Waals surface area contributed by atoms with E-state index in [1.807, 2.05) is 6.07 Å². The number of ether oxygens (including phenoxy) is 1. The van der Waals surface area contributed by atoms with Crippen molar-refractivity contribution in [3.05, 3.63) is 15.3 Å². The van der Waals surface area contributed by atoms with E-state index in [0.717, 1.165) is 27.2 Å². The van der Waals surface area contributed by atoms with E-state index in [1.165, 1.54) is 0 Å². The molecule has 0 spiro atoms. The number of hydrogen-bond acceptors (Lipinski definition) is 3. The Labute approximate surface area is 86.8 Å². The Morgan fingerprint density at radius 3 is 3.17 bits per heavy atom. The molecule has 0 fully saturated rings. The van der Waals surface area contributed by atoms with Crippen molar-refractivity contribution in [2.45, 2.75) is 0 Å². The van der Waals surface area contributed by atoms with Gasteiger partial charge >= 0.3 is 0 Å². The Bertz CT molecular complexity index is 317. The third-order valence-corrected chi connectivity index (χ3v) is 2.55. The topological polar surface area (TPSA) is 34.2 Å². The highest BCUT2D eigenvalue weighted by atomic mass is 79.9. The van der Waals surface area contributed by atoms with Crippen LogP contribution in [0.5, 0.6) is 5.75 Å². The van der Waals surface area contributed by atoms with Crippen molar-refractivity contribution in [2.75, 3.05) is 18.5 Å². The minimum Gasteiger partial charge on any atom is -0.489 e. The quantitative estimate of drug-likeness (QED) is 0.746. The van der Waals surface area contributed by atoms with Crippen LogP contribution in [0.4, 0.5) is 5.69 Å². The van der Waals surface area contributed by atoms with E-state index in [1.54, 1.807) is 0 Å². The molecule has 1 aromatic heterocycles. The van der Waals surface area contributed by atoms with Crippen LogP contribution in [0.3, 0.4) is 0 Å². The lowest BCUT2D eigenvalue weighted by Gasteiger charge is -2.19. The van der Waals surface area contributed by atoms with Gasteiger partial charge in [0.05, 0.1) is 0 Å². The van der Waals surface area contributed by atoms with Crippen molar-refractivity contribution in [2.24, 2.45) is 0 Å². The van der Waals surface area contributed by atoms with Gasteiger partial charge in [-0.3, -0.25) is 0 Å². The molecule has 64 valence electrons. The lowest BCUT2D eigenvalue weighted by Crippen LogP contribution is -2.18. The molecule has 0 atom stereocenters. The molecule has 0 bridgehead atoms. The molecule has 3 nitrogen and oxygen atoms in total. The number of nitrogens with one attached hydrogen (secondary N) is 1. The summed E-state index contributed by atoms with van der Waals surface area (Å²) in [5, 5.41) is 3.20. The molecular formula is C7H6Br2N2O. The van der Waals surface area contributed by atoms with Gasteiger partial charge < -0.3 is 10.1 Å². The first-order valence-corrected chi connectivity index (χ1v) is 5.08. The van der Waals surface area contributed by atoms with E-state index < -0.39 is 0 Å². The van der Waals surface area contributed by atoms with Gasteiger partial charge in [-0.05, 0) is 31.9 Å². The zero-order valence-electron chi connectivity index (χ0n) is 6.10. The largest absolute Gasteiger partial charge is 0.489 e. The van der Waals surface area contributed by atoms with Gasteiger partial charge in [-0.2, -0.15) is 0 Å². The fourth-order valence-electron chi connectivity index (χ4n) is 1.07. The second kappa shape index (κ2) is 3.22. The van der Waals surface area contributed by atoms with Gasteiger partial charge in [0.25, 0.3) is 0 Å². The van der Waals surface area contributed by atoms with E-state index in [4.69, 9.17) is 4.74 Å². The first kappa shape index (κ1) is 8.31. The van der Waals surface area contributed by atoms with Gasteiger partial charge in [0.15, 0.2) is 0 Å². The van der Waals surface area contributed by atoms with E-state index in [2.05, 4.69) is 42.2 Å². The lowest BCUT2D eigenvalue weighted by atomic mass is 10.3. The molecule has 12 heavy (non-hydrogen) atoms. The number of hydrogen-bond donors (Lipinski definition) is 1. The SMILES string of the molecule is Brc1cc2c(c(Br)n1)NCCO2. The minimum atomic E-state index is 0.704. The molecule has 1 N–H and O–H groups in total. The second-order valence-electron chi connectivity index (χ2n) is 2.38. The second-order valence-corrected chi connectivity index (χ2v) is 3.95. The van der Waals surface area contributed by atoms with Crippen molar-refractivity contribution < 1.29 is 4.74 Å². The first-order valence-electron chi connectivity index (χ1n) is 3.50. The average Bonchev–Trinajstić information content (AvgIpc) is 2.04. The van der Waals surface area contributed by atoms with Crippen LogP contribution in [0.2, 0.25) is 0 Å². The van der Waals surface area contributed by atoms with Gasteiger partial charge in [0, 0.05) is 12.6 Å². The summed E-state index contributed by atoms with van der Waals surface area (Å²) >= 11 is 6.64. The maximum Gasteiger partial charge on any atom is 0.147 e. The van der Waals surface area contributed by atoms with Crippen molar-refractivity contribution in [1.82, 2.24) is 4.98 Å². The first-order chi connectivity index (χ1) is 5.77. The zero-order valence-corrected chi connectivity index (χ0v) is 9.27. The smallest absolute Gasteiger partial charge is 0.147 e. The molecule has 2 rings (SSSR count). The Kier molecular flexibility index (Phi) is 2.23. The number of halogens is 2. The highest BCUT2D eigenvalue weighted by Gasteiger charge is 2.14. The van der Waals surface area contributed by atoms with Crippen LogP contribution >= 0.6 is 31.9 Å². The van der Waals surface area contributed by atoms with Crippen molar-refractivity contribution in [1.29, 1.82) is 0 Å². The summed E-state index contributed by atoms with van der Waals surface area (Å²) in [6.07, 6.45) is 0. The average molecular weight is 294 g/mol. The molecule has 0 aliphatic carbocycles. The summed E-state index contributed by atoms with van der Waals surface area (Å²) in [6, 6.07) is 1.85. The highest BCUT2D eigenvalue weighted by molar-refractivity contribution is 9.11. The molecule has 0 aromatic carbocycles. The Morgan fingerprint density at radius 2 is 2.33 bits per heavy atom. The molecular weight excluding hydrogens is 288 g/mol. The summed E-state index contributed by atoms with van der Waals surface area (Å²) in [5.41, 5.74) is 0.935. The Morgan fingerprint density at radius 1 is 1.50 bits per heavy atom. The molecule has 5 heteroatoms. The van der Waals surface area contributed by atoms with Crippen LogP contribution in [0.15, 0.2) is 15.3 Å². The number of nitrogens with zero attached hydrogens (tertiary/aromatic N) is 1. The van der Waals surface area contributed by atoms with Crippen LogP contribution in [-0.2, 0) is 0 Å². The normalized spacial score (nSPS) is 14.5. The molecule has 2 heterocycles. The fraction of sp³-hybridized carbons (Fsp3) is 0.286. The van der Waals surface area contributed by atoms with Crippen molar-refractivity contribution >= 4 is 37.5 Å². The van der Waals surface area contributed by atoms with Crippen molar-refractivity contribution in [3.8, 4) is 5.75 Å². The van der Waals surface area contributed by atoms with Gasteiger partial charge in [-0.15, -0.1) is 0 Å². The third-order valence-electron chi connectivity index (χ3n) is 1.57. The number of aromatic nitrogens is 1. The summed E-state index contributed by atoms with van der Waals surface area (Å²) in [5.74, 6) is 0.843. The summed E-state index contributed by atoms with van der Waals surface area (Å²) < 4.78 is 6.98. The number of pyridine rings is 1. The van der Waals surface area contributed by atoms with Gasteiger partial charge in [0.2, 0.25) is 0 Å². The van der Waals surface area contributed by atoms with E-state index in [0.29, 0.717) is 6.61 Å². The van der Waals surface area contributed by atoms with Crippen molar-refractivity contribution in [3.63, 3.8) is 0 Å². The molecule has 1 aromatic rings. The molecule has 1 aliphatic heterocycles. The highest BCUT2D eigenvalue weighted by Crippen LogP contribution is 2.35. The maximum absolute atomic E-state index is 5.42. The summed E-state index contributed by atoms with van der Waals surface area (Å²) in [4.78, 5) is 4.18. The summed E-state index contributed by atoms with van der Waals surface area (Å²) in [7, 11) is 0. The van der Waals surface area contributed by atoms with E-state index in [-0.39, 0.29) is 0 Å². The van der Waals surface area contributed by atoms with E-state index in [9.17, 15) is 0 Å². The monoisotopic (exact) mass is 292 g/mol. The molecule has 0 saturated carbocycles. The Balaban J connectivity index is 2.53. The predicted octanol–water partition coefficient (Wildman–Crippen LogP) is 2.41. The third kappa shape index (κ3) is 1.43. The van der Waals surface area contributed by atoms with Gasteiger partial charge in [-0.25, -0.2) is 4.98 Å². The maximum atomic E-state index is 5.42. The molecule has 0 amide bonds. The fourth-order valence-corrected chi connectivity index (χ4v) is 2.22. The molecule has 0 radical (unpaired) electrons. The predicted molar refractivity (Wildman–Crippen MR) is 53.6 cm³/mol. The van der Waals surface area contributed by atoms with Crippen LogP contribution in [-0.4, -0.2) is 18.1 Å². The van der Waals surface area contributed by atoms with Gasteiger partial charge in [-0.1, -0.05) is 0 Å². The zero-order chi connectivity index (χ0) is 8.55.